The minimum atomic E-state index is -0.335. The van der Waals surface area contributed by atoms with Crippen molar-refractivity contribution >= 4 is 40.4 Å². The second-order valence-electron chi connectivity index (χ2n) is 6.75. The van der Waals surface area contributed by atoms with Crippen molar-refractivity contribution in [1.29, 1.82) is 0 Å². The van der Waals surface area contributed by atoms with Gasteiger partial charge in [0.1, 0.15) is 10.8 Å². The van der Waals surface area contributed by atoms with Gasteiger partial charge in [-0.2, -0.15) is 0 Å². The molecule has 0 spiro atoms. The molecular weight excluding hydrogens is 425 g/mol. The number of anilines is 1. The SMILES string of the molecule is CCN(CC(=O)Nc1cc(Cl)ccc1C)C(=O)Cc1csc(-c2cccc(F)c2)n1. The summed E-state index contributed by atoms with van der Waals surface area (Å²) in [6, 6.07) is 11.4. The van der Waals surface area contributed by atoms with Crippen LogP contribution in [0.15, 0.2) is 47.8 Å². The molecule has 0 atom stereocenters. The minimum Gasteiger partial charge on any atom is -0.333 e. The van der Waals surface area contributed by atoms with Gasteiger partial charge in [0.25, 0.3) is 0 Å². The zero-order valence-corrected chi connectivity index (χ0v) is 18.2. The van der Waals surface area contributed by atoms with Gasteiger partial charge in [0.15, 0.2) is 0 Å². The summed E-state index contributed by atoms with van der Waals surface area (Å²) < 4.78 is 13.4. The third kappa shape index (κ3) is 5.64. The molecule has 0 bridgehead atoms. The maximum absolute atomic E-state index is 13.4. The van der Waals surface area contributed by atoms with Crippen LogP contribution >= 0.6 is 22.9 Å². The summed E-state index contributed by atoms with van der Waals surface area (Å²) >= 11 is 7.34. The minimum absolute atomic E-state index is 0.0673. The van der Waals surface area contributed by atoms with Crippen molar-refractivity contribution < 1.29 is 14.0 Å². The first-order valence-electron chi connectivity index (χ1n) is 9.40. The predicted octanol–water partition coefficient (Wildman–Crippen LogP) is 4.94. The summed E-state index contributed by atoms with van der Waals surface area (Å²) in [5.41, 5.74) is 2.76. The number of hydrogen-bond acceptors (Lipinski definition) is 4. The highest BCUT2D eigenvalue weighted by atomic mass is 35.5. The Bertz CT molecular complexity index is 1070. The number of nitrogens with one attached hydrogen (secondary N) is 1. The predicted molar refractivity (Wildman–Crippen MR) is 118 cm³/mol. The van der Waals surface area contributed by atoms with Gasteiger partial charge in [-0.1, -0.05) is 29.8 Å². The van der Waals surface area contributed by atoms with E-state index in [1.54, 1.807) is 29.6 Å². The number of carbonyl (C=O) groups excluding carboxylic acids is 2. The number of rotatable bonds is 7. The monoisotopic (exact) mass is 445 g/mol. The zero-order valence-electron chi connectivity index (χ0n) is 16.6. The Balaban J connectivity index is 1.62. The van der Waals surface area contributed by atoms with Crippen LogP contribution in [0.2, 0.25) is 5.02 Å². The molecule has 0 aliphatic carbocycles. The summed E-state index contributed by atoms with van der Waals surface area (Å²) in [5.74, 6) is -0.834. The van der Waals surface area contributed by atoms with E-state index in [1.807, 2.05) is 19.9 Å². The van der Waals surface area contributed by atoms with E-state index in [2.05, 4.69) is 10.3 Å². The standard InChI is InChI=1S/C22H21ClFN3O2S/c1-3-27(12-20(28)26-19-10-16(23)8-7-14(19)2)21(29)11-18-13-30-22(25-18)15-5-4-6-17(24)9-15/h4-10,13H,3,11-12H2,1-2H3,(H,26,28). The highest BCUT2D eigenvalue weighted by Gasteiger charge is 2.18. The summed E-state index contributed by atoms with van der Waals surface area (Å²) in [4.78, 5) is 31.0. The van der Waals surface area contributed by atoms with Gasteiger partial charge >= 0.3 is 0 Å². The molecule has 2 amide bonds. The first kappa shape index (κ1) is 21.9. The lowest BCUT2D eigenvalue weighted by molar-refractivity contribution is -0.133. The van der Waals surface area contributed by atoms with Crippen molar-refractivity contribution in [2.75, 3.05) is 18.4 Å². The molecule has 0 saturated heterocycles. The van der Waals surface area contributed by atoms with Gasteiger partial charge in [0.2, 0.25) is 11.8 Å². The number of amides is 2. The summed E-state index contributed by atoms with van der Waals surface area (Å²) in [5, 5.41) is 5.75. The molecule has 3 rings (SSSR count). The fourth-order valence-electron chi connectivity index (χ4n) is 2.88. The van der Waals surface area contributed by atoms with Crippen molar-refractivity contribution in [2.24, 2.45) is 0 Å². The average molecular weight is 446 g/mol. The molecule has 0 unspecified atom stereocenters. The lowest BCUT2D eigenvalue weighted by Crippen LogP contribution is -2.38. The molecule has 0 fully saturated rings. The van der Waals surface area contributed by atoms with Crippen LogP contribution in [0.1, 0.15) is 18.2 Å². The van der Waals surface area contributed by atoms with Crippen LogP contribution in [-0.2, 0) is 16.0 Å². The molecule has 3 aromatic rings. The molecule has 0 aliphatic heterocycles. The van der Waals surface area contributed by atoms with E-state index in [9.17, 15) is 14.0 Å². The van der Waals surface area contributed by atoms with Crippen molar-refractivity contribution in [3.8, 4) is 10.6 Å². The summed E-state index contributed by atoms with van der Waals surface area (Å²) in [6.45, 7) is 4.01. The number of benzene rings is 2. The second-order valence-corrected chi connectivity index (χ2v) is 8.04. The molecule has 2 aromatic carbocycles. The number of halogens is 2. The Morgan fingerprint density at radius 2 is 2.03 bits per heavy atom. The fraction of sp³-hybridized carbons (Fsp3) is 0.227. The molecule has 30 heavy (non-hydrogen) atoms. The van der Waals surface area contributed by atoms with Crippen molar-refractivity contribution in [3.05, 3.63) is 69.9 Å². The van der Waals surface area contributed by atoms with Gasteiger partial charge in [-0.3, -0.25) is 9.59 Å². The van der Waals surface area contributed by atoms with Crippen LogP contribution in [0.5, 0.6) is 0 Å². The smallest absolute Gasteiger partial charge is 0.244 e. The van der Waals surface area contributed by atoms with Gasteiger partial charge in [-0.05, 0) is 43.7 Å². The Hall–Kier alpha value is -2.77. The lowest BCUT2D eigenvalue weighted by Gasteiger charge is -2.20. The molecule has 156 valence electrons. The number of hydrogen-bond donors (Lipinski definition) is 1. The number of carbonyl (C=O) groups is 2. The van der Waals surface area contributed by atoms with Crippen molar-refractivity contribution in [2.45, 2.75) is 20.3 Å². The van der Waals surface area contributed by atoms with E-state index >= 15 is 0 Å². The molecule has 8 heteroatoms. The number of likely N-dealkylation sites (N-methyl/N-ethyl adjacent to an activating group) is 1. The zero-order chi connectivity index (χ0) is 21.7. The Kier molecular flexibility index (Phi) is 7.18. The van der Waals surface area contributed by atoms with Crippen LogP contribution in [0.3, 0.4) is 0 Å². The molecule has 1 heterocycles. The topological polar surface area (TPSA) is 62.3 Å². The second kappa shape index (κ2) is 9.82. The normalized spacial score (nSPS) is 10.7. The Labute approximate surface area is 183 Å². The molecule has 0 saturated carbocycles. The highest BCUT2D eigenvalue weighted by molar-refractivity contribution is 7.13. The van der Waals surface area contributed by atoms with Crippen LogP contribution in [-0.4, -0.2) is 34.8 Å². The largest absolute Gasteiger partial charge is 0.333 e. The van der Waals surface area contributed by atoms with Gasteiger partial charge in [0, 0.05) is 28.2 Å². The van der Waals surface area contributed by atoms with Crippen LogP contribution in [0.25, 0.3) is 10.6 Å². The van der Waals surface area contributed by atoms with Crippen LogP contribution in [0.4, 0.5) is 10.1 Å². The van der Waals surface area contributed by atoms with Crippen molar-refractivity contribution in [1.82, 2.24) is 9.88 Å². The molecule has 1 aromatic heterocycles. The maximum atomic E-state index is 13.4. The van der Waals surface area contributed by atoms with E-state index in [0.717, 1.165) is 5.56 Å². The number of thiazole rings is 1. The van der Waals surface area contributed by atoms with E-state index in [-0.39, 0.29) is 30.6 Å². The first-order valence-corrected chi connectivity index (χ1v) is 10.7. The van der Waals surface area contributed by atoms with Gasteiger partial charge < -0.3 is 10.2 Å². The molecule has 0 radical (unpaired) electrons. The van der Waals surface area contributed by atoms with Crippen molar-refractivity contribution in [3.63, 3.8) is 0 Å². The van der Waals surface area contributed by atoms with Gasteiger partial charge in [-0.15, -0.1) is 11.3 Å². The quantitative estimate of drug-likeness (QED) is 0.560. The van der Waals surface area contributed by atoms with E-state index in [4.69, 9.17) is 11.6 Å². The summed E-state index contributed by atoms with van der Waals surface area (Å²) in [7, 11) is 0. The maximum Gasteiger partial charge on any atom is 0.244 e. The molecule has 0 aliphatic rings. The average Bonchev–Trinajstić information content (AvgIpc) is 3.17. The molecular formula is C22H21ClFN3O2S. The Morgan fingerprint density at radius 1 is 1.23 bits per heavy atom. The van der Waals surface area contributed by atoms with E-state index in [1.165, 1.54) is 28.4 Å². The third-order valence-corrected chi connectivity index (χ3v) is 5.67. The van der Waals surface area contributed by atoms with Gasteiger partial charge in [0.05, 0.1) is 18.7 Å². The number of aryl methyl sites for hydroxylation is 1. The van der Waals surface area contributed by atoms with Crippen LogP contribution < -0.4 is 5.32 Å². The molecule has 1 N–H and O–H groups in total. The molecule has 5 nitrogen and oxygen atoms in total. The Morgan fingerprint density at radius 3 is 2.77 bits per heavy atom. The first-order chi connectivity index (χ1) is 14.4. The van der Waals surface area contributed by atoms with Crippen LogP contribution in [0, 0.1) is 12.7 Å². The number of nitrogens with zero attached hydrogens (tertiary/aromatic N) is 2. The van der Waals surface area contributed by atoms with E-state index < -0.39 is 0 Å². The third-order valence-electron chi connectivity index (χ3n) is 4.50. The fourth-order valence-corrected chi connectivity index (χ4v) is 3.87. The summed E-state index contributed by atoms with van der Waals surface area (Å²) in [6.07, 6.45) is 0.0725. The highest BCUT2D eigenvalue weighted by Crippen LogP contribution is 2.25. The van der Waals surface area contributed by atoms with Gasteiger partial charge in [-0.25, -0.2) is 9.37 Å². The number of aromatic nitrogens is 1. The lowest BCUT2D eigenvalue weighted by atomic mass is 10.2. The van der Waals surface area contributed by atoms with E-state index in [0.29, 0.717) is 33.5 Å².